The van der Waals surface area contributed by atoms with Crippen molar-refractivity contribution < 1.29 is 13.6 Å². The number of rotatable bonds is 4. The quantitative estimate of drug-likeness (QED) is 0.695. The maximum Gasteiger partial charge on any atom is 0.255 e. The zero-order valence-corrected chi connectivity index (χ0v) is 7.59. The smallest absolute Gasteiger partial charge is 0.255 e. The predicted molar refractivity (Wildman–Crippen MR) is 44.6 cm³/mol. The molecule has 1 amide bonds. The van der Waals surface area contributed by atoms with Crippen LogP contribution < -0.4 is 5.32 Å². The minimum absolute atomic E-state index is 0.188. The van der Waals surface area contributed by atoms with Crippen molar-refractivity contribution in [1.82, 2.24) is 10.2 Å². The Morgan fingerprint density at radius 3 is 2.62 bits per heavy atom. The third-order valence-corrected chi connectivity index (χ3v) is 2.17. The van der Waals surface area contributed by atoms with Gasteiger partial charge in [0, 0.05) is 13.5 Å². The van der Waals surface area contributed by atoms with Gasteiger partial charge >= 0.3 is 0 Å². The Morgan fingerprint density at radius 1 is 1.62 bits per heavy atom. The van der Waals surface area contributed by atoms with Crippen LogP contribution in [0.4, 0.5) is 8.78 Å². The van der Waals surface area contributed by atoms with Crippen molar-refractivity contribution in [2.75, 3.05) is 26.7 Å². The maximum atomic E-state index is 11.9. The first kappa shape index (κ1) is 10.4. The lowest BCUT2D eigenvalue weighted by Crippen LogP contribution is -2.45. The van der Waals surface area contributed by atoms with Gasteiger partial charge in [0.1, 0.15) is 0 Å². The fraction of sp³-hybridized carbons (Fsp3) is 0.875. The Balaban J connectivity index is 2.20. The average molecular weight is 192 g/mol. The zero-order valence-electron chi connectivity index (χ0n) is 7.59. The summed E-state index contributed by atoms with van der Waals surface area (Å²) in [5, 5.41) is 3.03. The highest BCUT2D eigenvalue weighted by atomic mass is 19.3. The van der Waals surface area contributed by atoms with Gasteiger partial charge < -0.3 is 10.2 Å². The van der Waals surface area contributed by atoms with Crippen molar-refractivity contribution in [2.45, 2.75) is 12.8 Å². The van der Waals surface area contributed by atoms with E-state index in [-0.39, 0.29) is 5.91 Å². The first-order valence-electron chi connectivity index (χ1n) is 4.32. The third-order valence-electron chi connectivity index (χ3n) is 2.17. The molecule has 0 aliphatic carbocycles. The molecule has 1 heterocycles. The molecule has 1 aliphatic heterocycles. The van der Waals surface area contributed by atoms with Crippen molar-refractivity contribution in [3.05, 3.63) is 0 Å². The van der Waals surface area contributed by atoms with Crippen LogP contribution in [0.3, 0.4) is 0 Å². The van der Waals surface area contributed by atoms with Gasteiger partial charge in [-0.05, 0) is 19.0 Å². The SMILES string of the molecule is CN(CC(F)F)C(=O)CC1CNC1. The summed E-state index contributed by atoms with van der Waals surface area (Å²) >= 11 is 0. The van der Waals surface area contributed by atoms with Gasteiger partial charge in [0.15, 0.2) is 0 Å². The van der Waals surface area contributed by atoms with Crippen molar-refractivity contribution in [3.63, 3.8) is 0 Å². The monoisotopic (exact) mass is 192 g/mol. The van der Waals surface area contributed by atoms with Gasteiger partial charge in [-0.3, -0.25) is 4.79 Å². The maximum absolute atomic E-state index is 11.9. The lowest BCUT2D eigenvalue weighted by molar-refractivity contribution is -0.133. The van der Waals surface area contributed by atoms with E-state index in [1.165, 1.54) is 7.05 Å². The van der Waals surface area contributed by atoms with Crippen LogP contribution in [0.25, 0.3) is 0 Å². The second kappa shape index (κ2) is 4.50. The first-order chi connectivity index (χ1) is 6.09. The summed E-state index contributed by atoms with van der Waals surface area (Å²) in [5.41, 5.74) is 0. The molecule has 0 aromatic carbocycles. The van der Waals surface area contributed by atoms with Crippen molar-refractivity contribution in [3.8, 4) is 0 Å². The molecule has 3 nitrogen and oxygen atoms in total. The summed E-state index contributed by atoms with van der Waals surface area (Å²) in [6, 6.07) is 0. The fourth-order valence-corrected chi connectivity index (χ4v) is 1.20. The summed E-state index contributed by atoms with van der Waals surface area (Å²) < 4.78 is 23.7. The highest BCUT2D eigenvalue weighted by Crippen LogP contribution is 2.10. The molecule has 0 aromatic heterocycles. The third kappa shape index (κ3) is 3.26. The second-order valence-corrected chi connectivity index (χ2v) is 3.39. The van der Waals surface area contributed by atoms with Crippen LogP contribution in [-0.2, 0) is 4.79 Å². The fourth-order valence-electron chi connectivity index (χ4n) is 1.20. The summed E-state index contributed by atoms with van der Waals surface area (Å²) in [6.45, 7) is 1.20. The van der Waals surface area contributed by atoms with Crippen LogP contribution in [0.15, 0.2) is 0 Å². The Kier molecular flexibility index (Phi) is 3.59. The number of nitrogens with zero attached hydrogens (tertiary/aromatic N) is 1. The van der Waals surface area contributed by atoms with Crippen molar-refractivity contribution in [2.24, 2.45) is 5.92 Å². The molecule has 0 saturated carbocycles. The van der Waals surface area contributed by atoms with Gasteiger partial charge in [-0.25, -0.2) is 8.78 Å². The zero-order chi connectivity index (χ0) is 9.84. The minimum atomic E-state index is -2.44. The topological polar surface area (TPSA) is 32.3 Å². The molecule has 0 bridgehead atoms. The Bertz CT molecular complexity index is 183. The van der Waals surface area contributed by atoms with Crippen LogP contribution in [0.5, 0.6) is 0 Å². The first-order valence-corrected chi connectivity index (χ1v) is 4.32. The van der Waals surface area contributed by atoms with Gasteiger partial charge in [-0.15, -0.1) is 0 Å². The van der Waals surface area contributed by atoms with E-state index >= 15 is 0 Å². The highest BCUT2D eigenvalue weighted by Gasteiger charge is 2.22. The van der Waals surface area contributed by atoms with Crippen LogP contribution in [-0.4, -0.2) is 43.9 Å². The molecule has 0 radical (unpaired) electrons. The van der Waals surface area contributed by atoms with Crippen LogP contribution in [0, 0.1) is 5.92 Å². The Morgan fingerprint density at radius 2 is 2.23 bits per heavy atom. The van der Waals surface area contributed by atoms with Crippen LogP contribution in [0.2, 0.25) is 0 Å². The molecule has 1 N–H and O–H groups in total. The molecule has 0 spiro atoms. The van der Waals surface area contributed by atoms with E-state index in [4.69, 9.17) is 0 Å². The average Bonchev–Trinajstić information content (AvgIpc) is 1.94. The Hall–Kier alpha value is -0.710. The van der Waals surface area contributed by atoms with Crippen LogP contribution in [0.1, 0.15) is 6.42 Å². The molecular formula is C8H14F2N2O. The van der Waals surface area contributed by atoms with Crippen molar-refractivity contribution >= 4 is 5.91 Å². The van der Waals surface area contributed by atoms with E-state index in [2.05, 4.69) is 5.32 Å². The molecule has 1 rings (SSSR count). The van der Waals surface area contributed by atoms with Gasteiger partial charge in [-0.2, -0.15) is 0 Å². The number of hydrogen-bond donors (Lipinski definition) is 1. The lowest BCUT2D eigenvalue weighted by Gasteiger charge is -2.28. The number of carbonyl (C=O) groups excluding carboxylic acids is 1. The summed E-state index contributed by atoms with van der Waals surface area (Å²) in [6.07, 6.45) is -2.05. The summed E-state index contributed by atoms with van der Waals surface area (Å²) in [5.74, 6) is 0.152. The van der Waals surface area contributed by atoms with Gasteiger partial charge in [0.2, 0.25) is 5.91 Å². The summed E-state index contributed by atoms with van der Waals surface area (Å²) in [7, 11) is 1.42. The molecule has 0 unspecified atom stereocenters. The molecule has 13 heavy (non-hydrogen) atoms. The highest BCUT2D eigenvalue weighted by molar-refractivity contribution is 5.76. The number of hydrogen-bond acceptors (Lipinski definition) is 2. The number of carbonyl (C=O) groups is 1. The van der Waals surface area contributed by atoms with E-state index < -0.39 is 13.0 Å². The van der Waals surface area contributed by atoms with E-state index in [0.29, 0.717) is 12.3 Å². The van der Waals surface area contributed by atoms with E-state index in [1.54, 1.807) is 0 Å². The largest absolute Gasteiger partial charge is 0.340 e. The standard InChI is InChI=1S/C8H14F2N2O/c1-12(5-7(9)10)8(13)2-6-3-11-4-6/h6-7,11H,2-5H2,1H3. The summed E-state index contributed by atoms with van der Waals surface area (Å²) in [4.78, 5) is 12.3. The molecule has 0 atom stereocenters. The van der Waals surface area contributed by atoms with Gasteiger partial charge in [0.25, 0.3) is 6.43 Å². The van der Waals surface area contributed by atoms with Gasteiger partial charge in [0.05, 0.1) is 6.54 Å². The lowest BCUT2D eigenvalue weighted by atomic mass is 9.99. The van der Waals surface area contributed by atoms with Gasteiger partial charge in [-0.1, -0.05) is 0 Å². The minimum Gasteiger partial charge on any atom is -0.340 e. The Labute approximate surface area is 76.1 Å². The molecule has 5 heteroatoms. The molecule has 1 aliphatic rings. The normalized spacial score (nSPS) is 17.2. The second-order valence-electron chi connectivity index (χ2n) is 3.39. The molecule has 76 valence electrons. The molecule has 1 fully saturated rings. The van der Waals surface area contributed by atoms with Crippen molar-refractivity contribution in [1.29, 1.82) is 0 Å². The van der Waals surface area contributed by atoms with E-state index in [0.717, 1.165) is 18.0 Å². The van der Waals surface area contributed by atoms with E-state index in [1.807, 2.05) is 0 Å². The number of nitrogens with one attached hydrogen (secondary N) is 1. The number of alkyl halides is 2. The molecular weight excluding hydrogens is 178 g/mol. The molecule has 1 saturated heterocycles. The molecule has 0 aromatic rings. The van der Waals surface area contributed by atoms with E-state index in [9.17, 15) is 13.6 Å². The van der Waals surface area contributed by atoms with Crippen LogP contribution >= 0.6 is 0 Å². The predicted octanol–water partition coefficient (Wildman–Crippen LogP) is 0.319. The number of halogens is 2. The number of amides is 1.